The number of para-hydroxylation sites is 2. The highest BCUT2D eigenvalue weighted by molar-refractivity contribution is 6.03. The van der Waals surface area contributed by atoms with Crippen LogP contribution < -0.4 is 9.47 Å². The van der Waals surface area contributed by atoms with E-state index in [9.17, 15) is 9.59 Å². The molecule has 0 bridgehead atoms. The van der Waals surface area contributed by atoms with E-state index in [4.69, 9.17) is 14.6 Å². The summed E-state index contributed by atoms with van der Waals surface area (Å²) in [7, 11) is 3.03. The van der Waals surface area contributed by atoms with Gasteiger partial charge in [0.05, 0.1) is 25.7 Å². The molecule has 0 heterocycles. The van der Waals surface area contributed by atoms with Crippen molar-refractivity contribution in [3.8, 4) is 11.5 Å². The lowest BCUT2D eigenvalue weighted by Gasteiger charge is -2.19. The summed E-state index contributed by atoms with van der Waals surface area (Å²) in [5.41, 5.74) is 1.11. The van der Waals surface area contributed by atoms with Crippen LogP contribution in [0.2, 0.25) is 0 Å². The van der Waals surface area contributed by atoms with Crippen LogP contribution in [0.4, 0.5) is 0 Å². The quantitative estimate of drug-likeness (QED) is 0.750. The molecule has 24 heavy (non-hydrogen) atoms. The van der Waals surface area contributed by atoms with E-state index < -0.39 is 11.9 Å². The monoisotopic (exact) mass is 328 g/mol. The minimum Gasteiger partial charge on any atom is -0.496 e. The van der Waals surface area contributed by atoms with Gasteiger partial charge in [0, 0.05) is 12.0 Å². The minimum atomic E-state index is -0.942. The third kappa shape index (κ3) is 3.93. The fourth-order valence-electron chi connectivity index (χ4n) is 2.69. The highest BCUT2D eigenvalue weighted by Gasteiger charge is 2.27. The Morgan fingerprint density at radius 1 is 0.958 bits per heavy atom. The number of hydrogen-bond donors (Lipinski definition) is 1. The Hall–Kier alpha value is -2.82. The van der Waals surface area contributed by atoms with Gasteiger partial charge in [-0.25, -0.2) is 0 Å². The lowest BCUT2D eigenvalue weighted by Crippen LogP contribution is -2.16. The maximum absolute atomic E-state index is 13.1. The van der Waals surface area contributed by atoms with Crippen molar-refractivity contribution in [2.45, 2.75) is 18.8 Å². The number of ether oxygens (including phenoxy) is 2. The van der Waals surface area contributed by atoms with Crippen molar-refractivity contribution < 1.29 is 24.2 Å². The summed E-state index contributed by atoms with van der Waals surface area (Å²) in [6.45, 7) is 0. The van der Waals surface area contributed by atoms with Gasteiger partial charge in [-0.2, -0.15) is 0 Å². The van der Waals surface area contributed by atoms with Crippen molar-refractivity contribution >= 4 is 11.8 Å². The Morgan fingerprint density at radius 3 is 2.17 bits per heavy atom. The first-order chi connectivity index (χ1) is 11.6. The summed E-state index contributed by atoms with van der Waals surface area (Å²) < 4.78 is 10.6. The van der Waals surface area contributed by atoms with E-state index in [-0.39, 0.29) is 18.6 Å². The standard InChI is InChI=1S/C19H20O5/c1-23-16-9-5-3-7-13(16)14(11-12-18(20)21)19(22)15-8-4-6-10-17(15)24-2/h3-10,14H,11-12H2,1-2H3,(H,20,21)/t14-/m1/s1. The molecule has 0 saturated carbocycles. The van der Waals surface area contributed by atoms with Crippen molar-refractivity contribution in [2.24, 2.45) is 0 Å². The number of aliphatic carboxylic acids is 1. The normalized spacial score (nSPS) is 11.6. The maximum Gasteiger partial charge on any atom is 0.303 e. The molecule has 2 rings (SSSR count). The molecule has 0 aliphatic heterocycles. The molecule has 2 aromatic carbocycles. The highest BCUT2D eigenvalue weighted by atomic mass is 16.5. The van der Waals surface area contributed by atoms with E-state index in [1.807, 2.05) is 6.07 Å². The number of hydrogen-bond acceptors (Lipinski definition) is 4. The third-order valence-corrected chi connectivity index (χ3v) is 3.85. The second-order valence-electron chi connectivity index (χ2n) is 5.29. The molecule has 2 aromatic rings. The number of methoxy groups -OCH3 is 2. The average molecular weight is 328 g/mol. The number of ketones is 1. The molecule has 0 aliphatic rings. The summed E-state index contributed by atoms with van der Waals surface area (Å²) in [5, 5.41) is 9.02. The van der Waals surface area contributed by atoms with Crippen molar-refractivity contribution in [3.63, 3.8) is 0 Å². The van der Waals surface area contributed by atoms with E-state index >= 15 is 0 Å². The van der Waals surface area contributed by atoms with Crippen LogP contribution in [-0.4, -0.2) is 31.1 Å². The van der Waals surface area contributed by atoms with Gasteiger partial charge in [0.1, 0.15) is 11.5 Å². The Balaban J connectivity index is 2.45. The fraction of sp³-hybridized carbons (Fsp3) is 0.263. The largest absolute Gasteiger partial charge is 0.496 e. The van der Waals surface area contributed by atoms with E-state index in [1.165, 1.54) is 14.2 Å². The van der Waals surface area contributed by atoms with E-state index in [0.29, 0.717) is 22.6 Å². The first kappa shape index (κ1) is 17.5. The second kappa shape index (κ2) is 8.15. The number of carboxylic acid groups (broad SMARTS) is 1. The first-order valence-electron chi connectivity index (χ1n) is 7.60. The Kier molecular flexibility index (Phi) is 5.95. The summed E-state index contributed by atoms with van der Waals surface area (Å²) >= 11 is 0. The zero-order chi connectivity index (χ0) is 17.5. The molecular weight excluding hydrogens is 308 g/mol. The average Bonchev–Trinajstić information content (AvgIpc) is 2.61. The Morgan fingerprint density at radius 2 is 1.54 bits per heavy atom. The summed E-state index contributed by atoms with van der Waals surface area (Å²) in [6, 6.07) is 14.1. The maximum atomic E-state index is 13.1. The van der Waals surface area contributed by atoms with Gasteiger partial charge in [0.2, 0.25) is 0 Å². The number of carboxylic acids is 1. The van der Waals surface area contributed by atoms with Crippen LogP contribution in [0.15, 0.2) is 48.5 Å². The van der Waals surface area contributed by atoms with E-state index in [0.717, 1.165) is 0 Å². The van der Waals surface area contributed by atoms with Gasteiger partial charge in [0.25, 0.3) is 0 Å². The molecule has 1 N–H and O–H groups in total. The van der Waals surface area contributed by atoms with Gasteiger partial charge in [-0.3, -0.25) is 9.59 Å². The molecule has 0 saturated heterocycles. The predicted molar refractivity (Wildman–Crippen MR) is 89.9 cm³/mol. The summed E-state index contributed by atoms with van der Waals surface area (Å²) in [4.78, 5) is 24.1. The number of rotatable bonds is 8. The molecule has 0 aromatic heterocycles. The van der Waals surface area contributed by atoms with E-state index in [2.05, 4.69) is 0 Å². The zero-order valence-electron chi connectivity index (χ0n) is 13.7. The molecule has 0 unspecified atom stereocenters. The minimum absolute atomic E-state index is 0.108. The molecule has 5 nitrogen and oxygen atoms in total. The fourth-order valence-corrected chi connectivity index (χ4v) is 2.69. The van der Waals surface area contributed by atoms with Gasteiger partial charge in [-0.1, -0.05) is 30.3 Å². The summed E-state index contributed by atoms with van der Waals surface area (Å²) in [5.74, 6) is -0.705. The number of Topliss-reactive ketones (excluding diaryl/α,β-unsaturated/α-hetero) is 1. The molecular formula is C19H20O5. The number of carbonyl (C=O) groups excluding carboxylic acids is 1. The molecule has 0 fully saturated rings. The van der Waals surface area contributed by atoms with Crippen molar-refractivity contribution in [2.75, 3.05) is 14.2 Å². The lowest BCUT2D eigenvalue weighted by molar-refractivity contribution is -0.137. The van der Waals surface area contributed by atoms with E-state index in [1.54, 1.807) is 42.5 Å². The molecule has 5 heteroatoms. The zero-order valence-corrected chi connectivity index (χ0v) is 13.7. The molecule has 0 aliphatic carbocycles. The number of carbonyl (C=O) groups is 2. The topological polar surface area (TPSA) is 72.8 Å². The Bertz CT molecular complexity index is 723. The molecule has 0 spiro atoms. The molecule has 1 atom stereocenters. The van der Waals surface area contributed by atoms with Crippen molar-refractivity contribution in [3.05, 3.63) is 59.7 Å². The van der Waals surface area contributed by atoms with Crippen LogP contribution in [0.25, 0.3) is 0 Å². The lowest BCUT2D eigenvalue weighted by atomic mass is 9.86. The van der Waals surface area contributed by atoms with Gasteiger partial charge in [-0.15, -0.1) is 0 Å². The van der Waals surface area contributed by atoms with Gasteiger partial charge >= 0.3 is 5.97 Å². The molecule has 126 valence electrons. The van der Waals surface area contributed by atoms with Crippen molar-refractivity contribution in [1.29, 1.82) is 0 Å². The SMILES string of the molecule is COc1ccccc1C(=O)[C@H](CCC(=O)O)c1ccccc1OC. The number of benzene rings is 2. The second-order valence-corrected chi connectivity index (χ2v) is 5.29. The van der Waals surface area contributed by atoms with Crippen LogP contribution in [0.3, 0.4) is 0 Å². The van der Waals surface area contributed by atoms with Crippen LogP contribution in [0.5, 0.6) is 11.5 Å². The van der Waals surface area contributed by atoms with Crippen LogP contribution >= 0.6 is 0 Å². The van der Waals surface area contributed by atoms with Gasteiger partial charge in [0.15, 0.2) is 5.78 Å². The first-order valence-corrected chi connectivity index (χ1v) is 7.60. The highest BCUT2D eigenvalue weighted by Crippen LogP contribution is 2.34. The van der Waals surface area contributed by atoms with Crippen molar-refractivity contribution in [1.82, 2.24) is 0 Å². The van der Waals surface area contributed by atoms with Gasteiger partial charge < -0.3 is 14.6 Å². The van der Waals surface area contributed by atoms with Crippen LogP contribution in [0.1, 0.15) is 34.7 Å². The molecule has 0 amide bonds. The third-order valence-electron chi connectivity index (χ3n) is 3.85. The van der Waals surface area contributed by atoms with Crippen LogP contribution in [0, 0.1) is 0 Å². The smallest absolute Gasteiger partial charge is 0.303 e. The molecule has 0 radical (unpaired) electrons. The van der Waals surface area contributed by atoms with Gasteiger partial charge in [-0.05, 0) is 24.6 Å². The predicted octanol–water partition coefficient (Wildman–Crippen LogP) is 3.54. The Labute approximate surface area is 140 Å². The van der Waals surface area contributed by atoms with Crippen LogP contribution in [-0.2, 0) is 4.79 Å². The summed E-state index contributed by atoms with van der Waals surface area (Å²) in [6.07, 6.45) is 0.0796.